The third kappa shape index (κ3) is 2.94. The number of nitrogens with zero attached hydrogens (tertiary/aromatic N) is 1. The van der Waals surface area contributed by atoms with Crippen molar-refractivity contribution in [3.8, 4) is 0 Å². The molecule has 0 radical (unpaired) electrons. The van der Waals surface area contributed by atoms with Gasteiger partial charge in [-0.1, -0.05) is 0 Å². The lowest BCUT2D eigenvalue weighted by atomic mass is 11.3. The van der Waals surface area contributed by atoms with Crippen molar-refractivity contribution in [3.63, 3.8) is 0 Å². The molecule has 0 spiro atoms. The molecular weight excluding hydrogens is 113 g/mol. The first-order chi connectivity index (χ1) is 3.18. The van der Waals surface area contributed by atoms with Crippen LogP contribution in [0.2, 0.25) is 0 Å². The van der Waals surface area contributed by atoms with Gasteiger partial charge in [0.15, 0.2) is 0 Å². The Hall–Kier alpha value is 0.310. The van der Waals surface area contributed by atoms with E-state index in [1.54, 1.807) is 18.8 Å². The van der Waals surface area contributed by atoms with Crippen LogP contribution in [0.5, 0.6) is 0 Å². The molecule has 1 unspecified atom stereocenters. The normalized spacial score (nSPS) is 15.0. The predicted octanol–water partition coefficient (Wildman–Crippen LogP) is 0.414. The van der Waals surface area contributed by atoms with Crippen molar-refractivity contribution in [2.45, 2.75) is 0 Å². The van der Waals surface area contributed by atoms with Gasteiger partial charge in [0.05, 0.1) is 0 Å². The Kier molecular flexibility index (Phi) is 3.48. The minimum atomic E-state index is -1.30. The Bertz CT molecular complexity index is 50.2. The average Bonchev–Trinajstić information content (AvgIpc) is 1.65. The first-order valence-corrected chi connectivity index (χ1v) is 3.05. The van der Waals surface area contributed by atoms with Gasteiger partial charge in [-0.25, -0.2) is 4.67 Å². The zero-order valence-electron chi connectivity index (χ0n) is 4.75. The van der Waals surface area contributed by atoms with Crippen LogP contribution in [0, 0.1) is 0 Å². The maximum atomic E-state index is 8.70. The van der Waals surface area contributed by atoms with E-state index in [0.29, 0.717) is 0 Å². The zero-order chi connectivity index (χ0) is 5.86. The van der Waals surface area contributed by atoms with Crippen LogP contribution in [-0.4, -0.2) is 30.8 Å². The summed E-state index contributed by atoms with van der Waals surface area (Å²) in [5.41, 5.74) is 0. The van der Waals surface area contributed by atoms with E-state index >= 15 is 0 Å². The second-order valence-electron chi connectivity index (χ2n) is 1.28. The van der Waals surface area contributed by atoms with E-state index in [1.807, 2.05) is 0 Å². The summed E-state index contributed by atoms with van der Waals surface area (Å²) in [5.74, 6) is 0. The van der Waals surface area contributed by atoms with Crippen LogP contribution < -0.4 is 0 Å². The van der Waals surface area contributed by atoms with Crippen molar-refractivity contribution in [2.24, 2.45) is 0 Å². The van der Waals surface area contributed by atoms with E-state index in [4.69, 9.17) is 4.89 Å². The van der Waals surface area contributed by atoms with Crippen molar-refractivity contribution < 1.29 is 9.42 Å². The molecule has 4 heteroatoms. The molecule has 1 N–H and O–H groups in total. The molecule has 0 aromatic rings. The maximum Gasteiger partial charge on any atom is 0.255 e. The lowest BCUT2D eigenvalue weighted by Gasteiger charge is -2.12. The van der Waals surface area contributed by atoms with Crippen LogP contribution in [0.3, 0.4) is 0 Å². The minimum Gasteiger partial charge on any atom is -0.338 e. The third-order valence-corrected chi connectivity index (χ3v) is 1.52. The van der Waals surface area contributed by atoms with E-state index in [0.717, 1.165) is 0 Å². The van der Waals surface area contributed by atoms with Crippen molar-refractivity contribution in [1.29, 1.82) is 0 Å². The Morgan fingerprint density at radius 3 is 2.00 bits per heavy atom. The molecule has 0 aliphatic heterocycles. The quantitative estimate of drug-likeness (QED) is 0.540. The van der Waals surface area contributed by atoms with Gasteiger partial charge >= 0.3 is 0 Å². The largest absolute Gasteiger partial charge is 0.338 e. The van der Waals surface area contributed by atoms with Crippen LogP contribution in [0.4, 0.5) is 0 Å². The summed E-state index contributed by atoms with van der Waals surface area (Å²) in [5, 5.41) is 0. The molecule has 0 fully saturated rings. The Morgan fingerprint density at radius 1 is 1.57 bits per heavy atom. The number of hydrogen-bond donors (Lipinski definition) is 1. The second-order valence-corrected chi connectivity index (χ2v) is 2.95. The molecule has 0 amide bonds. The van der Waals surface area contributed by atoms with Gasteiger partial charge in [-0.05, 0) is 14.1 Å². The first-order valence-electron chi connectivity index (χ1n) is 1.89. The molecule has 0 heterocycles. The topological polar surface area (TPSA) is 32.7 Å². The van der Waals surface area contributed by atoms with E-state index in [-0.39, 0.29) is 0 Å². The molecule has 0 bridgehead atoms. The summed E-state index contributed by atoms with van der Waals surface area (Å²) in [7, 11) is 3.69. The highest BCUT2D eigenvalue weighted by Gasteiger charge is 2.02. The molecule has 0 aliphatic carbocycles. The van der Waals surface area contributed by atoms with Crippen LogP contribution >= 0.6 is 8.53 Å². The molecule has 1 atom stereocenters. The molecule has 0 aliphatic rings. The lowest BCUT2D eigenvalue weighted by molar-refractivity contribution is 0.341. The fraction of sp³-hybridized carbons (Fsp3) is 1.00. The molecule has 3 nitrogen and oxygen atoms in total. The van der Waals surface area contributed by atoms with Gasteiger partial charge in [-0.2, -0.15) is 0 Å². The van der Waals surface area contributed by atoms with E-state index in [1.165, 1.54) is 7.11 Å². The fourth-order valence-corrected chi connectivity index (χ4v) is 0.490. The Balaban J connectivity index is 3.14. The third-order valence-electron chi connectivity index (χ3n) is 0.505. The van der Waals surface area contributed by atoms with E-state index in [9.17, 15) is 0 Å². The van der Waals surface area contributed by atoms with Crippen molar-refractivity contribution >= 4 is 8.53 Å². The summed E-state index contributed by atoms with van der Waals surface area (Å²) in [6.07, 6.45) is 0. The van der Waals surface area contributed by atoms with Gasteiger partial charge in [0.1, 0.15) is 0 Å². The van der Waals surface area contributed by atoms with Gasteiger partial charge in [-0.15, -0.1) is 0 Å². The highest BCUT2D eigenvalue weighted by atomic mass is 31.2. The van der Waals surface area contributed by atoms with E-state index in [2.05, 4.69) is 4.52 Å². The Labute approximate surface area is 44.9 Å². The summed E-state index contributed by atoms with van der Waals surface area (Å²) in [4.78, 5) is 8.70. The van der Waals surface area contributed by atoms with Crippen LogP contribution in [0.15, 0.2) is 0 Å². The summed E-state index contributed by atoms with van der Waals surface area (Å²) < 4.78 is 6.18. The predicted molar refractivity (Wildman–Crippen MR) is 29.8 cm³/mol. The van der Waals surface area contributed by atoms with Gasteiger partial charge < -0.3 is 9.42 Å². The first kappa shape index (κ1) is 7.31. The molecule has 7 heavy (non-hydrogen) atoms. The lowest BCUT2D eigenvalue weighted by Crippen LogP contribution is -2.03. The van der Waals surface area contributed by atoms with Gasteiger partial charge in [-0.3, -0.25) is 0 Å². The second kappa shape index (κ2) is 3.33. The van der Waals surface area contributed by atoms with Gasteiger partial charge in [0.25, 0.3) is 8.53 Å². The molecule has 0 saturated carbocycles. The molecular formula is C3H10NO2P. The summed E-state index contributed by atoms with van der Waals surface area (Å²) in [6.45, 7) is 0. The monoisotopic (exact) mass is 123 g/mol. The van der Waals surface area contributed by atoms with Crippen molar-refractivity contribution in [2.75, 3.05) is 21.2 Å². The zero-order valence-corrected chi connectivity index (χ0v) is 5.64. The highest BCUT2D eigenvalue weighted by Crippen LogP contribution is 2.30. The van der Waals surface area contributed by atoms with Crippen molar-refractivity contribution in [1.82, 2.24) is 4.67 Å². The SMILES string of the molecule is COP(O)N(C)C. The smallest absolute Gasteiger partial charge is 0.255 e. The van der Waals surface area contributed by atoms with Crippen LogP contribution in [0.1, 0.15) is 0 Å². The number of hydrogen-bond acceptors (Lipinski definition) is 3. The standard InChI is InChI=1S/C3H10NO2P/c1-4(2)7(5)6-3/h5H,1-3H3. The fourth-order valence-electron chi connectivity index (χ4n) is 0.163. The van der Waals surface area contributed by atoms with Crippen LogP contribution in [-0.2, 0) is 4.52 Å². The molecule has 0 saturated heterocycles. The molecule has 0 aromatic heterocycles. The van der Waals surface area contributed by atoms with E-state index < -0.39 is 8.53 Å². The van der Waals surface area contributed by atoms with Crippen molar-refractivity contribution in [3.05, 3.63) is 0 Å². The molecule has 0 rings (SSSR count). The summed E-state index contributed by atoms with van der Waals surface area (Å²) in [6, 6.07) is 0. The van der Waals surface area contributed by atoms with Crippen LogP contribution in [0.25, 0.3) is 0 Å². The van der Waals surface area contributed by atoms with Gasteiger partial charge in [0.2, 0.25) is 0 Å². The molecule has 0 aromatic carbocycles. The maximum absolute atomic E-state index is 8.70. The minimum absolute atomic E-state index is 1.30. The highest BCUT2D eigenvalue weighted by molar-refractivity contribution is 7.43. The summed E-state index contributed by atoms with van der Waals surface area (Å²) >= 11 is 0. The number of rotatable bonds is 2. The Morgan fingerprint density at radius 2 is 2.00 bits per heavy atom. The molecule has 44 valence electrons. The average molecular weight is 123 g/mol. The van der Waals surface area contributed by atoms with Gasteiger partial charge in [0, 0.05) is 7.11 Å².